The molecular formula is C20H13FN2S. The molecule has 0 N–H and O–H groups in total. The zero-order valence-electron chi connectivity index (χ0n) is 12.7. The van der Waals surface area contributed by atoms with Gasteiger partial charge >= 0.3 is 0 Å². The molecular weight excluding hydrogens is 319 g/mol. The standard InChI is InChI=1S/C20H13FN2S/c21-18-11-5-9-16(13-18)15-8-4-10-17(12-15)19-22-20(24-23-19)14-6-2-1-3-7-14/h1-13H. The van der Waals surface area contributed by atoms with E-state index in [1.54, 1.807) is 6.07 Å². The molecule has 1 aromatic heterocycles. The maximum absolute atomic E-state index is 13.4. The smallest absolute Gasteiger partial charge is 0.173 e. The lowest BCUT2D eigenvalue weighted by Gasteiger charge is -2.03. The van der Waals surface area contributed by atoms with Gasteiger partial charge in [0.1, 0.15) is 10.8 Å². The average Bonchev–Trinajstić information content (AvgIpc) is 3.13. The number of nitrogens with zero attached hydrogens (tertiary/aromatic N) is 2. The Morgan fingerprint density at radius 3 is 2.12 bits per heavy atom. The molecule has 0 amide bonds. The molecule has 4 rings (SSSR count). The van der Waals surface area contributed by atoms with E-state index in [1.807, 2.05) is 60.7 Å². The average molecular weight is 332 g/mol. The maximum Gasteiger partial charge on any atom is 0.173 e. The number of halogens is 1. The third kappa shape index (κ3) is 2.96. The summed E-state index contributed by atoms with van der Waals surface area (Å²) in [5.74, 6) is 0.452. The van der Waals surface area contributed by atoms with E-state index in [1.165, 1.54) is 23.7 Å². The fourth-order valence-corrected chi connectivity index (χ4v) is 3.23. The number of aromatic nitrogens is 2. The Balaban J connectivity index is 1.71. The van der Waals surface area contributed by atoms with Gasteiger partial charge in [-0.05, 0) is 40.9 Å². The van der Waals surface area contributed by atoms with Gasteiger partial charge in [0.2, 0.25) is 0 Å². The van der Waals surface area contributed by atoms with Crippen molar-refractivity contribution in [2.45, 2.75) is 0 Å². The van der Waals surface area contributed by atoms with Crippen LogP contribution in [0.3, 0.4) is 0 Å². The number of rotatable bonds is 3. The Labute approximate surface area is 143 Å². The van der Waals surface area contributed by atoms with Crippen molar-refractivity contribution in [3.63, 3.8) is 0 Å². The Hall–Kier alpha value is -2.85. The molecule has 0 aliphatic rings. The molecule has 4 heteroatoms. The van der Waals surface area contributed by atoms with Crippen molar-refractivity contribution < 1.29 is 4.39 Å². The van der Waals surface area contributed by atoms with Gasteiger partial charge in [0.05, 0.1) is 0 Å². The van der Waals surface area contributed by atoms with E-state index in [4.69, 9.17) is 0 Å². The first-order valence-electron chi connectivity index (χ1n) is 7.55. The summed E-state index contributed by atoms with van der Waals surface area (Å²) in [6.07, 6.45) is 0. The van der Waals surface area contributed by atoms with Crippen LogP contribution in [0.5, 0.6) is 0 Å². The highest BCUT2D eigenvalue weighted by Crippen LogP contribution is 2.28. The van der Waals surface area contributed by atoms with E-state index < -0.39 is 0 Å². The fourth-order valence-electron chi connectivity index (χ4n) is 2.54. The third-order valence-corrected chi connectivity index (χ3v) is 4.49. The van der Waals surface area contributed by atoms with Crippen LogP contribution in [0.1, 0.15) is 0 Å². The van der Waals surface area contributed by atoms with Crippen molar-refractivity contribution in [3.05, 3.63) is 84.7 Å². The molecule has 2 nitrogen and oxygen atoms in total. The predicted octanol–water partition coefficient (Wildman–Crippen LogP) is 5.68. The molecule has 0 aliphatic carbocycles. The highest BCUT2D eigenvalue weighted by atomic mass is 32.1. The van der Waals surface area contributed by atoms with Crippen LogP contribution in [0.4, 0.5) is 4.39 Å². The van der Waals surface area contributed by atoms with Crippen LogP contribution in [0.15, 0.2) is 78.9 Å². The lowest BCUT2D eigenvalue weighted by Crippen LogP contribution is -1.84. The van der Waals surface area contributed by atoms with Gasteiger partial charge in [0.25, 0.3) is 0 Å². The van der Waals surface area contributed by atoms with Gasteiger partial charge in [-0.1, -0.05) is 60.7 Å². The molecule has 1 heterocycles. The molecule has 0 saturated heterocycles. The Morgan fingerprint density at radius 1 is 0.667 bits per heavy atom. The van der Waals surface area contributed by atoms with Gasteiger partial charge in [-0.2, -0.15) is 4.37 Å². The van der Waals surface area contributed by atoms with Gasteiger partial charge in [-0.15, -0.1) is 0 Å². The highest BCUT2D eigenvalue weighted by Gasteiger charge is 2.09. The van der Waals surface area contributed by atoms with Crippen molar-refractivity contribution in [1.29, 1.82) is 0 Å². The van der Waals surface area contributed by atoms with Crippen LogP contribution in [-0.4, -0.2) is 9.36 Å². The minimum Gasteiger partial charge on any atom is -0.215 e. The Morgan fingerprint density at radius 2 is 1.33 bits per heavy atom. The van der Waals surface area contributed by atoms with Crippen molar-refractivity contribution >= 4 is 11.5 Å². The molecule has 0 saturated carbocycles. The Kier molecular flexibility index (Phi) is 3.89. The summed E-state index contributed by atoms with van der Waals surface area (Å²) in [6, 6.07) is 24.5. The zero-order chi connectivity index (χ0) is 16.4. The van der Waals surface area contributed by atoms with Crippen LogP contribution in [0, 0.1) is 5.82 Å². The van der Waals surface area contributed by atoms with E-state index in [0.29, 0.717) is 5.82 Å². The summed E-state index contributed by atoms with van der Waals surface area (Å²) >= 11 is 1.38. The van der Waals surface area contributed by atoms with Gasteiger partial charge < -0.3 is 0 Å². The molecule has 0 bridgehead atoms. The molecule has 0 radical (unpaired) electrons. The number of hydrogen-bond acceptors (Lipinski definition) is 3. The quantitative estimate of drug-likeness (QED) is 0.482. The van der Waals surface area contributed by atoms with Gasteiger partial charge in [-0.3, -0.25) is 0 Å². The zero-order valence-corrected chi connectivity index (χ0v) is 13.5. The number of hydrogen-bond donors (Lipinski definition) is 0. The van der Waals surface area contributed by atoms with E-state index >= 15 is 0 Å². The molecule has 116 valence electrons. The molecule has 4 aromatic rings. The second kappa shape index (κ2) is 6.34. The SMILES string of the molecule is Fc1cccc(-c2cccc(-c3nsc(-c4ccccc4)n3)c2)c1. The minimum absolute atomic E-state index is 0.240. The van der Waals surface area contributed by atoms with Crippen molar-refractivity contribution in [2.24, 2.45) is 0 Å². The lowest BCUT2D eigenvalue weighted by molar-refractivity contribution is 0.628. The molecule has 0 unspecified atom stereocenters. The molecule has 0 spiro atoms. The molecule has 24 heavy (non-hydrogen) atoms. The van der Waals surface area contributed by atoms with Crippen molar-refractivity contribution in [2.75, 3.05) is 0 Å². The van der Waals surface area contributed by atoms with Crippen molar-refractivity contribution in [3.8, 4) is 33.1 Å². The van der Waals surface area contributed by atoms with Crippen LogP contribution in [0.2, 0.25) is 0 Å². The molecule has 0 atom stereocenters. The fraction of sp³-hybridized carbons (Fsp3) is 0. The predicted molar refractivity (Wildman–Crippen MR) is 96.2 cm³/mol. The molecule has 3 aromatic carbocycles. The van der Waals surface area contributed by atoms with E-state index in [2.05, 4.69) is 9.36 Å². The first-order chi connectivity index (χ1) is 11.8. The van der Waals surface area contributed by atoms with Gasteiger partial charge in [-0.25, -0.2) is 9.37 Å². The normalized spacial score (nSPS) is 10.7. The van der Waals surface area contributed by atoms with Gasteiger partial charge in [0.15, 0.2) is 5.82 Å². The first-order valence-corrected chi connectivity index (χ1v) is 8.32. The molecule has 0 aliphatic heterocycles. The van der Waals surface area contributed by atoms with Gasteiger partial charge in [0, 0.05) is 11.1 Å². The topological polar surface area (TPSA) is 25.8 Å². The second-order valence-electron chi connectivity index (χ2n) is 5.38. The monoisotopic (exact) mass is 332 g/mol. The summed E-state index contributed by atoms with van der Waals surface area (Å²) in [6.45, 7) is 0. The van der Waals surface area contributed by atoms with E-state index in [0.717, 1.165) is 27.3 Å². The van der Waals surface area contributed by atoms with Crippen LogP contribution in [0.25, 0.3) is 33.1 Å². The van der Waals surface area contributed by atoms with Crippen LogP contribution < -0.4 is 0 Å². The van der Waals surface area contributed by atoms with E-state index in [-0.39, 0.29) is 5.82 Å². The molecule has 0 fully saturated rings. The number of benzene rings is 3. The highest BCUT2D eigenvalue weighted by molar-refractivity contribution is 7.09. The first kappa shape index (κ1) is 14.7. The maximum atomic E-state index is 13.4. The largest absolute Gasteiger partial charge is 0.215 e. The second-order valence-corrected chi connectivity index (χ2v) is 6.13. The van der Waals surface area contributed by atoms with Crippen LogP contribution in [-0.2, 0) is 0 Å². The summed E-state index contributed by atoms with van der Waals surface area (Å²) in [5.41, 5.74) is 3.77. The summed E-state index contributed by atoms with van der Waals surface area (Å²) < 4.78 is 17.9. The summed E-state index contributed by atoms with van der Waals surface area (Å²) in [4.78, 5) is 4.64. The minimum atomic E-state index is -0.240. The summed E-state index contributed by atoms with van der Waals surface area (Å²) in [7, 11) is 0. The van der Waals surface area contributed by atoms with E-state index in [9.17, 15) is 4.39 Å². The lowest BCUT2D eigenvalue weighted by atomic mass is 10.0. The van der Waals surface area contributed by atoms with Crippen LogP contribution >= 0.6 is 11.5 Å². The van der Waals surface area contributed by atoms with Crippen molar-refractivity contribution in [1.82, 2.24) is 9.36 Å². The third-order valence-electron chi connectivity index (χ3n) is 3.73. The Bertz CT molecular complexity index is 980. The summed E-state index contributed by atoms with van der Waals surface area (Å²) in [5, 5.41) is 0.891.